The van der Waals surface area contributed by atoms with E-state index in [1.165, 1.54) is 0 Å². The van der Waals surface area contributed by atoms with Gasteiger partial charge in [0.05, 0.1) is 6.61 Å². The molecule has 0 saturated carbocycles. The third-order valence-corrected chi connectivity index (χ3v) is 1.79. The Morgan fingerprint density at radius 2 is 2.08 bits per heavy atom. The number of hydrogen-bond donors (Lipinski definition) is 1. The van der Waals surface area contributed by atoms with Gasteiger partial charge in [-0.3, -0.25) is 4.79 Å². The summed E-state index contributed by atoms with van der Waals surface area (Å²) in [6, 6.07) is 0. The van der Waals surface area contributed by atoms with Gasteiger partial charge in [0.1, 0.15) is 0 Å². The zero-order chi connectivity index (χ0) is 10.1. The van der Waals surface area contributed by atoms with Crippen molar-refractivity contribution in [3.63, 3.8) is 0 Å². The highest BCUT2D eigenvalue weighted by atomic mass is 16.5. The summed E-state index contributed by atoms with van der Waals surface area (Å²) in [7, 11) is 0. The molecule has 78 valence electrons. The van der Waals surface area contributed by atoms with Crippen LogP contribution in [0.5, 0.6) is 0 Å². The third-order valence-electron chi connectivity index (χ3n) is 1.79. The molecule has 0 aliphatic rings. The summed E-state index contributed by atoms with van der Waals surface area (Å²) in [5.74, 6) is 0.506. The summed E-state index contributed by atoms with van der Waals surface area (Å²) in [5, 5.41) is 0. The van der Waals surface area contributed by atoms with Gasteiger partial charge in [0.25, 0.3) is 0 Å². The molecule has 0 atom stereocenters. The molecule has 0 spiro atoms. The fourth-order valence-corrected chi connectivity index (χ4v) is 0.894. The molecule has 0 heterocycles. The van der Waals surface area contributed by atoms with Gasteiger partial charge in [-0.1, -0.05) is 13.8 Å². The van der Waals surface area contributed by atoms with E-state index in [-0.39, 0.29) is 5.97 Å². The highest BCUT2D eigenvalue weighted by Crippen LogP contribution is 2.01. The number of carbonyl (C=O) groups is 1. The Bertz CT molecular complexity index is 135. The maximum absolute atomic E-state index is 11.0. The first kappa shape index (κ1) is 12.4. The summed E-state index contributed by atoms with van der Waals surface area (Å²) >= 11 is 0. The van der Waals surface area contributed by atoms with Crippen LogP contribution in [0.4, 0.5) is 0 Å². The predicted octanol–water partition coefficient (Wildman–Crippen LogP) is 1.70. The van der Waals surface area contributed by atoms with Crippen LogP contribution in [-0.2, 0) is 9.53 Å². The lowest BCUT2D eigenvalue weighted by Gasteiger charge is -2.06. The zero-order valence-electron chi connectivity index (χ0n) is 8.71. The summed E-state index contributed by atoms with van der Waals surface area (Å²) in [6.45, 7) is 5.43. The zero-order valence-corrected chi connectivity index (χ0v) is 8.71. The van der Waals surface area contributed by atoms with Gasteiger partial charge in [-0.2, -0.15) is 0 Å². The summed E-state index contributed by atoms with van der Waals surface area (Å²) in [4.78, 5) is 11.0. The van der Waals surface area contributed by atoms with Crippen molar-refractivity contribution in [1.82, 2.24) is 0 Å². The first-order valence-electron chi connectivity index (χ1n) is 5.02. The van der Waals surface area contributed by atoms with Gasteiger partial charge in [0.15, 0.2) is 0 Å². The maximum Gasteiger partial charge on any atom is 0.305 e. The molecular weight excluding hydrogens is 166 g/mol. The molecule has 3 heteroatoms. The molecule has 0 aromatic carbocycles. The maximum atomic E-state index is 11.0. The Balaban J connectivity index is 3.20. The quantitative estimate of drug-likeness (QED) is 0.487. The lowest BCUT2D eigenvalue weighted by atomic mass is 10.1. The van der Waals surface area contributed by atoms with Crippen LogP contribution in [0.1, 0.15) is 39.5 Å². The number of carbonyl (C=O) groups excluding carboxylic acids is 1. The number of unbranched alkanes of at least 4 members (excludes halogenated alkanes) is 1. The van der Waals surface area contributed by atoms with Crippen LogP contribution in [0.15, 0.2) is 0 Å². The molecule has 0 aliphatic carbocycles. The lowest BCUT2D eigenvalue weighted by Crippen LogP contribution is -2.08. The average molecular weight is 187 g/mol. The van der Waals surface area contributed by atoms with Crippen LogP contribution in [0, 0.1) is 5.92 Å². The molecule has 0 aromatic heterocycles. The highest BCUT2D eigenvalue weighted by molar-refractivity contribution is 5.69. The largest absolute Gasteiger partial charge is 0.466 e. The molecule has 0 rings (SSSR count). The van der Waals surface area contributed by atoms with Crippen LogP contribution >= 0.6 is 0 Å². The topological polar surface area (TPSA) is 52.3 Å². The Morgan fingerprint density at radius 3 is 2.62 bits per heavy atom. The third kappa shape index (κ3) is 9.34. The van der Waals surface area contributed by atoms with Gasteiger partial charge >= 0.3 is 5.97 Å². The molecule has 3 nitrogen and oxygen atoms in total. The minimum Gasteiger partial charge on any atom is -0.466 e. The first-order valence-corrected chi connectivity index (χ1v) is 5.02. The van der Waals surface area contributed by atoms with E-state index in [2.05, 4.69) is 13.8 Å². The molecule has 0 radical (unpaired) electrons. The number of esters is 1. The van der Waals surface area contributed by atoms with Crippen molar-refractivity contribution in [1.29, 1.82) is 0 Å². The van der Waals surface area contributed by atoms with E-state index in [1.807, 2.05) is 0 Å². The molecule has 2 N–H and O–H groups in total. The van der Waals surface area contributed by atoms with Crippen molar-refractivity contribution in [3.05, 3.63) is 0 Å². The number of rotatable bonds is 7. The van der Waals surface area contributed by atoms with Crippen molar-refractivity contribution in [3.8, 4) is 0 Å². The van der Waals surface area contributed by atoms with Gasteiger partial charge < -0.3 is 10.5 Å². The first-order chi connectivity index (χ1) is 6.16. The molecule has 0 saturated heterocycles. The van der Waals surface area contributed by atoms with Crippen LogP contribution in [0.2, 0.25) is 0 Å². The van der Waals surface area contributed by atoms with E-state index >= 15 is 0 Å². The van der Waals surface area contributed by atoms with Crippen molar-refractivity contribution < 1.29 is 9.53 Å². The summed E-state index contributed by atoms with van der Waals surface area (Å²) < 4.78 is 5.02. The molecule has 0 aliphatic heterocycles. The minimum absolute atomic E-state index is 0.0888. The fraction of sp³-hybridized carbons (Fsp3) is 0.900. The molecule has 0 bridgehead atoms. The molecule has 0 unspecified atom stereocenters. The van der Waals surface area contributed by atoms with Gasteiger partial charge in [-0.25, -0.2) is 0 Å². The van der Waals surface area contributed by atoms with Crippen molar-refractivity contribution in [2.24, 2.45) is 11.7 Å². The van der Waals surface area contributed by atoms with Gasteiger partial charge in [0.2, 0.25) is 0 Å². The van der Waals surface area contributed by atoms with Gasteiger partial charge in [-0.05, 0) is 31.7 Å². The Morgan fingerprint density at radius 1 is 1.38 bits per heavy atom. The van der Waals surface area contributed by atoms with Crippen molar-refractivity contribution >= 4 is 5.97 Å². The number of nitrogens with two attached hydrogens (primary N) is 1. The molecule has 0 fully saturated rings. The van der Waals surface area contributed by atoms with Gasteiger partial charge in [-0.15, -0.1) is 0 Å². The highest BCUT2D eigenvalue weighted by Gasteiger charge is 2.02. The second-order valence-electron chi connectivity index (χ2n) is 3.65. The predicted molar refractivity (Wildman–Crippen MR) is 53.3 cm³/mol. The molecule has 13 heavy (non-hydrogen) atoms. The van der Waals surface area contributed by atoms with E-state index in [9.17, 15) is 4.79 Å². The summed E-state index contributed by atoms with van der Waals surface area (Å²) in [5.41, 5.74) is 5.30. The van der Waals surface area contributed by atoms with Crippen LogP contribution < -0.4 is 5.73 Å². The Hall–Kier alpha value is -0.570. The Kier molecular flexibility index (Phi) is 7.69. The monoisotopic (exact) mass is 187 g/mol. The van der Waals surface area contributed by atoms with Crippen molar-refractivity contribution in [2.75, 3.05) is 13.2 Å². The number of ether oxygens (including phenoxy) is 1. The second kappa shape index (κ2) is 8.05. The van der Waals surface area contributed by atoms with Crippen LogP contribution in [0.25, 0.3) is 0 Å². The molecular formula is C10H21NO2. The van der Waals surface area contributed by atoms with Crippen molar-refractivity contribution in [2.45, 2.75) is 39.5 Å². The molecule has 0 amide bonds. The Labute approximate surface area is 80.6 Å². The van der Waals surface area contributed by atoms with E-state index in [0.717, 1.165) is 19.3 Å². The number of hydrogen-bond acceptors (Lipinski definition) is 3. The van der Waals surface area contributed by atoms with E-state index in [1.54, 1.807) is 0 Å². The average Bonchev–Trinajstić information content (AvgIpc) is 2.04. The van der Waals surface area contributed by atoms with Gasteiger partial charge in [0, 0.05) is 6.42 Å². The lowest BCUT2D eigenvalue weighted by molar-refractivity contribution is -0.144. The fourth-order valence-electron chi connectivity index (χ4n) is 0.894. The van der Waals surface area contributed by atoms with E-state index < -0.39 is 0 Å². The summed E-state index contributed by atoms with van der Waals surface area (Å²) in [6.07, 6.45) is 3.20. The van der Waals surface area contributed by atoms with Crippen LogP contribution in [-0.4, -0.2) is 19.1 Å². The van der Waals surface area contributed by atoms with E-state index in [4.69, 9.17) is 10.5 Å². The standard InChI is InChI=1S/C10H21NO2/c1-9(2)6-8-13-10(12)5-3-4-7-11/h9H,3-8,11H2,1-2H3. The molecule has 0 aromatic rings. The SMILES string of the molecule is CC(C)CCOC(=O)CCCCN. The smallest absolute Gasteiger partial charge is 0.305 e. The second-order valence-corrected chi connectivity index (χ2v) is 3.65. The van der Waals surface area contributed by atoms with E-state index in [0.29, 0.717) is 25.5 Å². The minimum atomic E-state index is -0.0888. The van der Waals surface area contributed by atoms with Crippen LogP contribution in [0.3, 0.4) is 0 Å². The normalized spacial score (nSPS) is 10.5.